The molecular formula is C43H26N6O. The Labute approximate surface area is 286 Å². The lowest BCUT2D eigenvalue weighted by Crippen LogP contribution is -2.03. The summed E-state index contributed by atoms with van der Waals surface area (Å²) < 4.78 is 8.58. The van der Waals surface area contributed by atoms with Crippen molar-refractivity contribution in [3.05, 3.63) is 158 Å². The second-order valence-electron chi connectivity index (χ2n) is 12.2. The molecule has 50 heavy (non-hydrogen) atoms. The molecular weight excluding hydrogens is 617 g/mol. The summed E-state index contributed by atoms with van der Waals surface area (Å²) >= 11 is 0. The molecule has 7 nitrogen and oxygen atoms in total. The van der Waals surface area contributed by atoms with Gasteiger partial charge in [0.15, 0.2) is 23.1 Å². The third-order valence-electron chi connectivity index (χ3n) is 9.17. The summed E-state index contributed by atoms with van der Waals surface area (Å²) in [5, 5.41) is 4.31. The lowest BCUT2D eigenvalue weighted by molar-refractivity contribution is 0.670. The monoisotopic (exact) mass is 642 g/mol. The molecule has 0 amide bonds. The largest absolute Gasteiger partial charge is 0.454 e. The number of benzene rings is 6. The van der Waals surface area contributed by atoms with Crippen molar-refractivity contribution in [3.63, 3.8) is 0 Å². The van der Waals surface area contributed by atoms with Gasteiger partial charge in [-0.15, -0.1) is 0 Å². The van der Waals surface area contributed by atoms with Gasteiger partial charge in [0.25, 0.3) is 0 Å². The van der Waals surface area contributed by atoms with Gasteiger partial charge in [-0.3, -0.25) is 4.57 Å². The standard InChI is InChI=1S/C43H26N6O/c1-3-12-27(13-4-1)29-16-11-17-30(24-29)41-46-40(28-14-5-2-6-15-28)47-42(48-41)31-25-44-43(45-26-31)49-36-20-9-7-18-32(36)34-22-23-35-33-19-8-10-21-37(33)50-39(35)38(34)49/h1-26H. The van der Waals surface area contributed by atoms with Crippen LogP contribution in [0.5, 0.6) is 0 Å². The van der Waals surface area contributed by atoms with Gasteiger partial charge in [-0.1, -0.05) is 121 Å². The predicted octanol–water partition coefficient (Wildman–Crippen LogP) is 10.3. The highest BCUT2D eigenvalue weighted by Gasteiger charge is 2.20. The molecule has 6 aromatic carbocycles. The first-order chi connectivity index (χ1) is 24.8. The molecule has 0 saturated heterocycles. The molecule has 0 fully saturated rings. The molecule has 0 saturated carbocycles. The summed E-state index contributed by atoms with van der Waals surface area (Å²) in [5.41, 5.74) is 8.26. The van der Waals surface area contributed by atoms with Crippen LogP contribution in [0.1, 0.15) is 0 Å². The summed E-state index contributed by atoms with van der Waals surface area (Å²) in [4.78, 5) is 24.7. The summed E-state index contributed by atoms with van der Waals surface area (Å²) in [6.45, 7) is 0. The van der Waals surface area contributed by atoms with Gasteiger partial charge in [-0.2, -0.15) is 0 Å². The predicted molar refractivity (Wildman–Crippen MR) is 199 cm³/mol. The first kappa shape index (κ1) is 28.1. The maximum absolute atomic E-state index is 6.49. The molecule has 0 aliphatic rings. The van der Waals surface area contributed by atoms with E-state index in [9.17, 15) is 0 Å². The summed E-state index contributed by atoms with van der Waals surface area (Å²) in [6.07, 6.45) is 3.58. The first-order valence-corrected chi connectivity index (χ1v) is 16.4. The number of hydrogen-bond donors (Lipinski definition) is 0. The molecule has 10 rings (SSSR count). The molecule has 4 heterocycles. The van der Waals surface area contributed by atoms with Crippen LogP contribution in [0, 0.1) is 0 Å². The van der Waals surface area contributed by atoms with Gasteiger partial charge < -0.3 is 4.42 Å². The number of hydrogen-bond acceptors (Lipinski definition) is 6. The van der Waals surface area contributed by atoms with Crippen LogP contribution in [0.3, 0.4) is 0 Å². The lowest BCUT2D eigenvalue weighted by atomic mass is 10.0. The molecule has 7 heteroatoms. The fourth-order valence-electron chi connectivity index (χ4n) is 6.81. The minimum atomic E-state index is 0.493. The summed E-state index contributed by atoms with van der Waals surface area (Å²) in [7, 11) is 0. The van der Waals surface area contributed by atoms with E-state index >= 15 is 0 Å². The highest BCUT2D eigenvalue weighted by atomic mass is 16.3. The molecule has 0 spiro atoms. The normalized spacial score (nSPS) is 11.6. The van der Waals surface area contributed by atoms with Crippen molar-refractivity contribution < 1.29 is 4.42 Å². The second kappa shape index (κ2) is 11.3. The lowest BCUT2D eigenvalue weighted by Gasteiger charge is -2.10. The first-order valence-electron chi connectivity index (χ1n) is 16.4. The van der Waals surface area contributed by atoms with Crippen molar-refractivity contribution in [1.29, 1.82) is 0 Å². The van der Waals surface area contributed by atoms with Gasteiger partial charge >= 0.3 is 0 Å². The van der Waals surface area contributed by atoms with Crippen molar-refractivity contribution in [1.82, 2.24) is 29.5 Å². The number of furan rings is 1. The van der Waals surface area contributed by atoms with Gasteiger partial charge in [0.2, 0.25) is 5.95 Å². The Bertz CT molecular complexity index is 2860. The Balaban J connectivity index is 1.13. The second-order valence-corrected chi connectivity index (χ2v) is 12.2. The van der Waals surface area contributed by atoms with Crippen LogP contribution in [0.15, 0.2) is 162 Å². The van der Waals surface area contributed by atoms with Gasteiger partial charge in [-0.25, -0.2) is 24.9 Å². The molecule has 0 radical (unpaired) electrons. The van der Waals surface area contributed by atoms with E-state index < -0.39 is 0 Å². The maximum Gasteiger partial charge on any atom is 0.234 e. The van der Waals surface area contributed by atoms with E-state index in [1.54, 1.807) is 12.4 Å². The van der Waals surface area contributed by atoms with Crippen LogP contribution >= 0.6 is 0 Å². The van der Waals surface area contributed by atoms with Gasteiger partial charge in [0.1, 0.15) is 11.1 Å². The Morgan fingerprint density at radius 3 is 1.78 bits per heavy atom. The summed E-state index contributed by atoms with van der Waals surface area (Å²) in [6, 6.07) is 49.3. The smallest absolute Gasteiger partial charge is 0.234 e. The van der Waals surface area contributed by atoms with Crippen molar-refractivity contribution in [2.24, 2.45) is 0 Å². The average Bonchev–Trinajstić information content (AvgIpc) is 3.75. The van der Waals surface area contributed by atoms with Crippen LogP contribution in [0.2, 0.25) is 0 Å². The van der Waals surface area contributed by atoms with Gasteiger partial charge in [-0.05, 0) is 35.4 Å². The SMILES string of the molecule is c1ccc(-c2cccc(-c3nc(-c4ccccc4)nc(-c4cnc(-n5c6ccccc6c6ccc7c8ccccc8oc7c65)nc4)n3)c2)cc1. The highest BCUT2D eigenvalue weighted by Crippen LogP contribution is 2.39. The van der Waals surface area contributed by atoms with E-state index in [4.69, 9.17) is 29.3 Å². The molecule has 0 unspecified atom stereocenters. The number of rotatable bonds is 5. The number of aromatic nitrogens is 6. The Kier molecular flexibility index (Phi) is 6.35. The minimum absolute atomic E-state index is 0.493. The van der Waals surface area contributed by atoms with Gasteiger partial charge in [0.05, 0.1) is 11.1 Å². The van der Waals surface area contributed by atoms with E-state index in [0.717, 1.165) is 66.0 Å². The van der Waals surface area contributed by atoms with Crippen LogP contribution < -0.4 is 0 Å². The molecule has 0 aliphatic heterocycles. The van der Waals surface area contributed by atoms with Crippen molar-refractivity contribution in [2.75, 3.05) is 0 Å². The molecule has 0 atom stereocenters. The highest BCUT2D eigenvalue weighted by molar-refractivity contribution is 6.21. The van der Waals surface area contributed by atoms with Crippen molar-refractivity contribution in [3.8, 4) is 51.2 Å². The average molecular weight is 643 g/mol. The molecule has 4 aromatic heterocycles. The van der Waals surface area contributed by atoms with Crippen LogP contribution in [-0.2, 0) is 0 Å². The number of fused-ring (bicyclic) bond motifs is 7. The number of nitrogens with zero attached hydrogens (tertiary/aromatic N) is 6. The topological polar surface area (TPSA) is 82.5 Å². The zero-order chi connectivity index (χ0) is 33.0. The Morgan fingerprint density at radius 2 is 1.00 bits per heavy atom. The third kappa shape index (κ3) is 4.56. The van der Waals surface area contributed by atoms with Crippen molar-refractivity contribution >= 4 is 43.7 Å². The van der Waals surface area contributed by atoms with Crippen molar-refractivity contribution in [2.45, 2.75) is 0 Å². The van der Waals surface area contributed by atoms with E-state index in [-0.39, 0.29) is 0 Å². The Hall–Kier alpha value is -6.99. The fraction of sp³-hybridized carbons (Fsp3) is 0. The molecule has 0 N–H and O–H groups in total. The zero-order valence-electron chi connectivity index (χ0n) is 26.6. The van der Waals surface area contributed by atoms with Crippen LogP contribution in [0.4, 0.5) is 0 Å². The molecule has 234 valence electrons. The van der Waals surface area contributed by atoms with E-state index in [2.05, 4.69) is 65.2 Å². The van der Waals surface area contributed by atoms with E-state index in [1.165, 1.54) is 0 Å². The maximum atomic E-state index is 6.49. The summed E-state index contributed by atoms with van der Waals surface area (Å²) in [5.74, 6) is 2.17. The fourth-order valence-corrected chi connectivity index (χ4v) is 6.81. The Morgan fingerprint density at radius 1 is 0.420 bits per heavy atom. The zero-order valence-corrected chi connectivity index (χ0v) is 26.6. The van der Waals surface area contributed by atoms with E-state index in [1.807, 2.05) is 84.9 Å². The molecule has 0 bridgehead atoms. The molecule has 10 aromatic rings. The minimum Gasteiger partial charge on any atom is -0.454 e. The van der Waals surface area contributed by atoms with Crippen LogP contribution in [-0.4, -0.2) is 29.5 Å². The van der Waals surface area contributed by atoms with Crippen LogP contribution in [0.25, 0.3) is 95.0 Å². The third-order valence-corrected chi connectivity index (χ3v) is 9.17. The number of para-hydroxylation sites is 2. The van der Waals surface area contributed by atoms with Gasteiger partial charge in [0, 0.05) is 45.1 Å². The molecule has 0 aliphatic carbocycles. The quantitative estimate of drug-likeness (QED) is 0.186. The van der Waals surface area contributed by atoms with E-state index in [0.29, 0.717) is 29.0 Å².